The van der Waals surface area contributed by atoms with E-state index in [4.69, 9.17) is 19.4 Å². The fourth-order valence-corrected chi connectivity index (χ4v) is 11.0. The summed E-state index contributed by atoms with van der Waals surface area (Å²) in [7, 11) is 0. The van der Waals surface area contributed by atoms with Crippen molar-refractivity contribution in [3.05, 3.63) is 224 Å². The van der Waals surface area contributed by atoms with Crippen LogP contribution in [0, 0.1) is 0 Å². The van der Waals surface area contributed by atoms with Crippen molar-refractivity contribution in [3.8, 4) is 45.5 Å². The molecule has 6 heteroatoms. The van der Waals surface area contributed by atoms with Gasteiger partial charge in [0.05, 0.1) is 22.1 Å². The average molecular weight is 880 g/mol. The van der Waals surface area contributed by atoms with Gasteiger partial charge in [-0.25, -0.2) is 15.0 Å². The molecule has 0 aliphatic heterocycles. The maximum atomic E-state index is 6.79. The third kappa shape index (κ3) is 5.69. The van der Waals surface area contributed by atoms with Gasteiger partial charge in [0.1, 0.15) is 11.2 Å². The predicted octanol–water partition coefficient (Wildman–Crippen LogP) is 16.4. The highest BCUT2D eigenvalue weighted by atomic mass is 16.3. The summed E-state index contributed by atoms with van der Waals surface area (Å²) >= 11 is 0. The summed E-state index contributed by atoms with van der Waals surface area (Å²) in [6.45, 7) is 0. The van der Waals surface area contributed by atoms with Crippen LogP contribution >= 0.6 is 0 Å². The maximum absolute atomic E-state index is 6.79. The molecule has 4 aromatic heterocycles. The van der Waals surface area contributed by atoms with Gasteiger partial charge in [-0.05, 0) is 105 Å². The van der Waals surface area contributed by atoms with E-state index < -0.39 is 0 Å². The zero-order valence-electron chi connectivity index (χ0n) is 37.0. The van der Waals surface area contributed by atoms with Gasteiger partial charge in [-0.15, -0.1) is 0 Å². The van der Waals surface area contributed by atoms with Gasteiger partial charge in [0.2, 0.25) is 0 Å². The number of hydrogen-bond acceptors (Lipinski definition) is 4. The van der Waals surface area contributed by atoms with Crippen molar-refractivity contribution in [2.75, 3.05) is 0 Å². The summed E-state index contributed by atoms with van der Waals surface area (Å²) in [5.41, 5.74) is 10.9. The Hall–Kier alpha value is -9.39. The largest absolute Gasteiger partial charge is 0.456 e. The van der Waals surface area contributed by atoms with Gasteiger partial charge in [-0.1, -0.05) is 152 Å². The molecule has 0 aliphatic carbocycles. The van der Waals surface area contributed by atoms with E-state index in [0.717, 1.165) is 104 Å². The monoisotopic (exact) mass is 879 g/mol. The van der Waals surface area contributed by atoms with Gasteiger partial charge in [-0.2, -0.15) is 0 Å². The second kappa shape index (κ2) is 14.6. The Balaban J connectivity index is 1.02. The van der Waals surface area contributed by atoms with Gasteiger partial charge in [0.25, 0.3) is 0 Å². The van der Waals surface area contributed by atoms with Crippen LogP contribution < -0.4 is 0 Å². The Morgan fingerprint density at radius 1 is 0.290 bits per heavy atom. The van der Waals surface area contributed by atoms with E-state index in [1.807, 2.05) is 12.1 Å². The fourth-order valence-electron chi connectivity index (χ4n) is 11.0. The van der Waals surface area contributed by atoms with Crippen molar-refractivity contribution in [1.82, 2.24) is 24.1 Å². The summed E-state index contributed by atoms with van der Waals surface area (Å²) in [6, 6.07) is 79.7. The number of aromatic nitrogens is 5. The molecule has 4 heterocycles. The Morgan fingerprint density at radius 3 is 1.74 bits per heavy atom. The molecule has 320 valence electrons. The summed E-state index contributed by atoms with van der Waals surface area (Å²) in [4.78, 5) is 16.3. The van der Waals surface area contributed by atoms with Crippen molar-refractivity contribution >= 4 is 97.9 Å². The van der Waals surface area contributed by atoms with Crippen molar-refractivity contribution in [1.29, 1.82) is 0 Å². The molecule has 0 atom stereocenters. The lowest BCUT2D eigenvalue weighted by Crippen LogP contribution is -2.01. The molecule has 69 heavy (non-hydrogen) atoms. The fraction of sp³-hybridized carbons (Fsp3) is 0. The normalized spacial score (nSPS) is 12.1. The zero-order chi connectivity index (χ0) is 45.2. The number of fused-ring (bicyclic) bond motifs is 13. The molecule has 0 fully saturated rings. The number of nitrogens with zero attached hydrogens (tertiary/aromatic N) is 5. The summed E-state index contributed by atoms with van der Waals surface area (Å²) < 4.78 is 11.5. The molecule has 0 spiro atoms. The van der Waals surface area contributed by atoms with E-state index in [9.17, 15) is 0 Å². The zero-order valence-corrected chi connectivity index (χ0v) is 37.0. The molecule has 0 N–H and O–H groups in total. The van der Waals surface area contributed by atoms with E-state index in [-0.39, 0.29) is 0 Å². The highest BCUT2D eigenvalue weighted by molar-refractivity contribution is 6.23. The van der Waals surface area contributed by atoms with Crippen LogP contribution in [0.3, 0.4) is 0 Å². The quantitative estimate of drug-likeness (QED) is 0.173. The van der Waals surface area contributed by atoms with Crippen molar-refractivity contribution in [2.24, 2.45) is 0 Å². The lowest BCUT2D eigenvalue weighted by molar-refractivity contribution is 0.669. The van der Waals surface area contributed by atoms with Crippen LogP contribution in [0.4, 0.5) is 0 Å². The second-order valence-electron chi connectivity index (χ2n) is 18.0. The van der Waals surface area contributed by atoms with Crippen LogP contribution in [0.5, 0.6) is 0 Å². The van der Waals surface area contributed by atoms with Gasteiger partial charge >= 0.3 is 0 Å². The lowest BCUT2D eigenvalue weighted by atomic mass is 9.97. The molecular formula is C63H37N5O. The number of para-hydroxylation sites is 4. The minimum atomic E-state index is 0.565. The third-order valence-corrected chi connectivity index (χ3v) is 14.1. The lowest BCUT2D eigenvalue weighted by Gasteiger charge is -2.14. The molecule has 15 rings (SSSR count). The molecule has 0 saturated heterocycles. The Bertz CT molecular complexity index is 4620. The van der Waals surface area contributed by atoms with Crippen LogP contribution in [0.25, 0.3) is 143 Å². The van der Waals surface area contributed by atoms with Crippen LogP contribution in [-0.2, 0) is 0 Å². The van der Waals surface area contributed by atoms with Gasteiger partial charge in [0, 0.05) is 60.4 Å². The first-order valence-corrected chi connectivity index (χ1v) is 23.3. The maximum Gasteiger partial charge on any atom is 0.164 e. The van der Waals surface area contributed by atoms with E-state index in [1.54, 1.807) is 0 Å². The average Bonchev–Trinajstić information content (AvgIpc) is 4.07. The Morgan fingerprint density at radius 2 is 0.913 bits per heavy atom. The van der Waals surface area contributed by atoms with E-state index in [2.05, 4.69) is 221 Å². The molecule has 0 amide bonds. The topological polar surface area (TPSA) is 61.7 Å². The minimum absolute atomic E-state index is 0.565. The summed E-state index contributed by atoms with van der Waals surface area (Å²) in [6.07, 6.45) is 0. The SMILES string of the molecule is c1ccc(-n2c3ccccc3c3c(-c4nc(-c5ccc6ccccc6c5)nc(-c5cc6oc7ccccc7c6c6cc(-n7c8ccccc8c8cc9ccccc9cc87)ccc56)n4)cccc32)cc1. The van der Waals surface area contributed by atoms with E-state index in [0.29, 0.717) is 17.5 Å². The highest BCUT2D eigenvalue weighted by Crippen LogP contribution is 2.44. The molecule has 15 aromatic rings. The third-order valence-electron chi connectivity index (χ3n) is 14.1. The van der Waals surface area contributed by atoms with Gasteiger partial charge < -0.3 is 13.6 Å². The molecule has 0 radical (unpaired) electrons. The second-order valence-corrected chi connectivity index (χ2v) is 18.0. The van der Waals surface area contributed by atoms with Crippen LogP contribution in [0.15, 0.2) is 229 Å². The summed E-state index contributed by atoms with van der Waals surface area (Å²) in [5, 5.41) is 13.5. The molecule has 0 saturated carbocycles. The standard InChI is InChI=1S/C63H37N5O/c1-2-19-43(20-3-1)67-54-26-12-9-22-47(54)59-49(24-14-27-55(59)67)62-64-61(42-30-29-38-15-4-5-16-39(38)33-42)65-63(66-62)52-37-58-60(48-23-10-13-28-57(48)69-58)51-36-44(31-32-45(51)52)68-53-25-11-8-21-46(53)50-34-40-17-6-7-18-41(40)35-56(50)68/h1-37H. The van der Waals surface area contributed by atoms with E-state index in [1.165, 1.54) is 21.5 Å². The summed E-state index contributed by atoms with van der Waals surface area (Å²) in [5.74, 6) is 1.75. The van der Waals surface area contributed by atoms with Gasteiger partial charge in [-0.3, -0.25) is 0 Å². The smallest absolute Gasteiger partial charge is 0.164 e. The Kier molecular flexibility index (Phi) is 7.97. The van der Waals surface area contributed by atoms with Crippen molar-refractivity contribution < 1.29 is 4.42 Å². The van der Waals surface area contributed by atoms with Crippen molar-refractivity contribution in [3.63, 3.8) is 0 Å². The predicted molar refractivity (Wildman–Crippen MR) is 285 cm³/mol. The van der Waals surface area contributed by atoms with Gasteiger partial charge in [0.15, 0.2) is 17.5 Å². The van der Waals surface area contributed by atoms with Crippen LogP contribution in [0.2, 0.25) is 0 Å². The van der Waals surface area contributed by atoms with E-state index >= 15 is 0 Å². The highest BCUT2D eigenvalue weighted by Gasteiger charge is 2.23. The first-order valence-electron chi connectivity index (χ1n) is 23.3. The number of rotatable bonds is 5. The molecule has 6 nitrogen and oxygen atoms in total. The molecule has 0 unspecified atom stereocenters. The van der Waals surface area contributed by atoms with Crippen LogP contribution in [-0.4, -0.2) is 24.1 Å². The van der Waals surface area contributed by atoms with Crippen LogP contribution in [0.1, 0.15) is 0 Å². The molecule has 0 aliphatic rings. The molecule has 11 aromatic carbocycles. The first kappa shape index (κ1) is 37.8. The molecule has 0 bridgehead atoms. The molecular weight excluding hydrogens is 843 g/mol. The number of benzene rings is 11. The van der Waals surface area contributed by atoms with Crippen molar-refractivity contribution in [2.45, 2.75) is 0 Å². The number of furan rings is 1. The number of hydrogen-bond donors (Lipinski definition) is 0. The Labute approximate surface area is 394 Å². The first-order chi connectivity index (χ1) is 34.2. The minimum Gasteiger partial charge on any atom is -0.456 e.